The Hall–Kier alpha value is -3.32. The van der Waals surface area contributed by atoms with Gasteiger partial charge in [0.1, 0.15) is 11.8 Å². The summed E-state index contributed by atoms with van der Waals surface area (Å²) in [6.07, 6.45) is 1.20. The predicted octanol–water partition coefficient (Wildman–Crippen LogP) is 3.87. The Morgan fingerprint density at radius 1 is 1.10 bits per heavy atom. The predicted molar refractivity (Wildman–Crippen MR) is 109 cm³/mol. The molecule has 1 aromatic heterocycles. The minimum Gasteiger partial charge on any atom is -0.370 e. The van der Waals surface area contributed by atoms with Crippen LogP contribution in [0.2, 0.25) is 0 Å². The van der Waals surface area contributed by atoms with Crippen molar-refractivity contribution in [2.24, 2.45) is 0 Å². The number of ether oxygens (including phenoxy) is 1. The van der Waals surface area contributed by atoms with Gasteiger partial charge in [0.25, 0.3) is 5.91 Å². The van der Waals surface area contributed by atoms with Crippen molar-refractivity contribution in [3.63, 3.8) is 0 Å². The van der Waals surface area contributed by atoms with Crippen LogP contribution in [0.1, 0.15) is 27.7 Å². The van der Waals surface area contributed by atoms with Crippen LogP contribution in [0, 0.1) is 11.6 Å². The molecule has 2 aromatic carbocycles. The average molecular weight is 409 g/mol. The van der Waals surface area contributed by atoms with E-state index in [1.54, 1.807) is 12.3 Å². The molecule has 1 amide bonds. The van der Waals surface area contributed by atoms with Gasteiger partial charge in [-0.3, -0.25) is 9.78 Å². The Balaban J connectivity index is 1.44. The molecule has 0 unspecified atom stereocenters. The fraction of sp³-hybridized carbons (Fsp3) is 0.217. The Bertz CT molecular complexity index is 1030. The molecule has 1 N–H and O–H groups in total. The van der Waals surface area contributed by atoms with Gasteiger partial charge in [-0.25, -0.2) is 8.78 Å². The monoisotopic (exact) mass is 409 g/mol. The van der Waals surface area contributed by atoms with Gasteiger partial charge < -0.3 is 15.0 Å². The van der Waals surface area contributed by atoms with Crippen molar-refractivity contribution >= 4 is 11.6 Å². The van der Waals surface area contributed by atoms with Gasteiger partial charge in [0.05, 0.1) is 6.61 Å². The molecule has 0 aliphatic carbocycles. The van der Waals surface area contributed by atoms with Gasteiger partial charge in [0, 0.05) is 31.5 Å². The lowest BCUT2D eigenvalue weighted by atomic mass is 10.1. The molecule has 0 radical (unpaired) electrons. The van der Waals surface area contributed by atoms with Crippen LogP contribution in [0.4, 0.5) is 14.5 Å². The van der Waals surface area contributed by atoms with Crippen molar-refractivity contribution in [3.05, 3.63) is 95.3 Å². The number of benzene rings is 2. The average Bonchev–Trinajstić information content (AvgIpc) is 2.80. The highest BCUT2D eigenvalue weighted by molar-refractivity contribution is 5.93. The summed E-state index contributed by atoms with van der Waals surface area (Å²) in [6.45, 7) is 1.93. The van der Waals surface area contributed by atoms with E-state index >= 15 is 0 Å². The van der Waals surface area contributed by atoms with Crippen molar-refractivity contribution in [1.82, 2.24) is 10.3 Å². The number of rotatable bonds is 5. The maximum atomic E-state index is 13.6. The van der Waals surface area contributed by atoms with Gasteiger partial charge in [-0.15, -0.1) is 0 Å². The van der Waals surface area contributed by atoms with Crippen LogP contribution < -0.4 is 10.2 Å². The number of nitrogens with one attached hydrogen (secondary N) is 1. The maximum absolute atomic E-state index is 13.6. The van der Waals surface area contributed by atoms with Crippen molar-refractivity contribution in [3.8, 4) is 0 Å². The van der Waals surface area contributed by atoms with Crippen molar-refractivity contribution in [1.29, 1.82) is 0 Å². The summed E-state index contributed by atoms with van der Waals surface area (Å²) in [7, 11) is 0. The molecule has 0 bridgehead atoms. The van der Waals surface area contributed by atoms with Crippen molar-refractivity contribution < 1.29 is 18.3 Å². The summed E-state index contributed by atoms with van der Waals surface area (Å²) in [5.74, 6) is -2.03. The first-order valence-corrected chi connectivity index (χ1v) is 9.70. The van der Waals surface area contributed by atoms with E-state index in [9.17, 15) is 13.6 Å². The largest absolute Gasteiger partial charge is 0.370 e. The third-order valence-electron chi connectivity index (χ3n) is 5.02. The van der Waals surface area contributed by atoms with Crippen LogP contribution in [0.3, 0.4) is 0 Å². The zero-order valence-electron chi connectivity index (χ0n) is 16.2. The summed E-state index contributed by atoms with van der Waals surface area (Å²) in [5.41, 5.74) is 2.73. The molecule has 5 nitrogen and oxygen atoms in total. The highest BCUT2D eigenvalue weighted by Crippen LogP contribution is 2.27. The van der Waals surface area contributed by atoms with E-state index < -0.39 is 17.7 Å². The van der Waals surface area contributed by atoms with Gasteiger partial charge in [0.2, 0.25) is 0 Å². The van der Waals surface area contributed by atoms with Crippen molar-refractivity contribution in [2.75, 3.05) is 24.6 Å². The Morgan fingerprint density at radius 3 is 2.73 bits per heavy atom. The molecule has 3 aromatic rings. The molecular weight excluding hydrogens is 388 g/mol. The number of pyridine rings is 1. The fourth-order valence-corrected chi connectivity index (χ4v) is 3.41. The maximum Gasteiger partial charge on any atom is 0.270 e. The lowest BCUT2D eigenvalue weighted by Crippen LogP contribution is -2.38. The SMILES string of the molecule is O=C(NCc1ccccc1)c1cc(N2CCO[C@H](c3ccc(F)c(F)c3)C2)ccn1. The summed E-state index contributed by atoms with van der Waals surface area (Å²) < 4.78 is 32.6. The first kappa shape index (κ1) is 20.0. The Kier molecular flexibility index (Phi) is 5.99. The number of hydrogen-bond donors (Lipinski definition) is 1. The van der Waals surface area contributed by atoms with E-state index in [0.717, 1.165) is 17.3 Å². The molecule has 1 atom stereocenters. The fourth-order valence-electron chi connectivity index (χ4n) is 3.41. The molecule has 1 fully saturated rings. The third-order valence-corrected chi connectivity index (χ3v) is 5.02. The standard InChI is InChI=1S/C23H21F2N3O2/c24-19-7-6-17(12-20(19)25)22-15-28(10-11-30-22)18-8-9-26-21(13-18)23(29)27-14-16-4-2-1-3-5-16/h1-9,12-13,22H,10-11,14-15H2,(H,27,29)/t22-/m0/s1. The number of carbonyl (C=O) groups is 1. The number of hydrogen-bond acceptors (Lipinski definition) is 4. The second-order valence-electron chi connectivity index (χ2n) is 7.05. The number of carbonyl (C=O) groups excluding carboxylic acids is 1. The lowest BCUT2D eigenvalue weighted by Gasteiger charge is -2.34. The van der Waals surface area contributed by atoms with Gasteiger partial charge in [0.15, 0.2) is 11.6 Å². The molecule has 1 saturated heterocycles. The van der Waals surface area contributed by atoms with Crippen LogP contribution in [0.15, 0.2) is 66.9 Å². The van der Waals surface area contributed by atoms with E-state index in [1.807, 2.05) is 41.3 Å². The molecule has 1 aliphatic heterocycles. The van der Waals surface area contributed by atoms with Gasteiger partial charge in [-0.2, -0.15) is 0 Å². The number of anilines is 1. The van der Waals surface area contributed by atoms with Crippen LogP contribution in [0.5, 0.6) is 0 Å². The number of amides is 1. The highest BCUT2D eigenvalue weighted by Gasteiger charge is 2.24. The summed E-state index contributed by atoms with van der Waals surface area (Å²) in [5, 5.41) is 2.87. The molecule has 2 heterocycles. The van der Waals surface area contributed by atoms with Crippen LogP contribution in [-0.4, -0.2) is 30.6 Å². The molecule has 7 heteroatoms. The summed E-state index contributed by atoms with van der Waals surface area (Å²) in [6, 6.07) is 17.0. The number of nitrogens with zero attached hydrogens (tertiary/aromatic N) is 2. The van der Waals surface area contributed by atoms with Gasteiger partial charge in [-0.1, -0.05) is 36.4 Å². The minimum atomic E-state index is -0.894. The smallest absolute Gasteiger partial charge is 0.270 e. The molecule has 0 spiro atoms. The van der Waals surface area contributed by atoms with E-state index in [-0.39, 0.29) is 5.91 Å². The van der Waals surface area contributed by atoms with E-state index in [1.165, 1.54) is 12.1 Å². The Labute approximate surface area is 173 Å². The number of morpholine rings is 1. The zero-order chi connectivity index (χ0) is 20.9. The number of halogens is 2. The van der Waals surface area contributed by atoms with Gasteiger partial charge in [-0.05, 0) is 35.4 Å². The van der Waals surface area contributed by atoms with E-state index in [2.05, 4.69) is 10.3 Å². The minimum absolute atomic E-state index is 0.258. The normalized spacial score (nSPS) is 16.3. The molecule has 30 heavy (non-hydrogen) atoms. The molecule has 1 aliphatic rings. The molecular formula is C23H21F2N3O2. The highest BCUT2D eigenvalue weighted by atomic mass is 19.2. The second-order valence-corrected chi connectivity index (χ2v) is 7.05. The summed E-state index contributed by atoms with van der Waals surface area (Å²) in [4.78, 5) is 18.7. The van der Waals surface area contributed by atoms with Crippen molar-refractivity contribution in [2.45, 2.75) is 12.6 Å². The van der Waals surface area contributed by atoms with Crippen LogP contribution in [0.25, 0.3) is 0 Å². The summed E-state index contributed by atoms with van der Waals surface area (Å²) >= 11 is 0. The lowest BCUT2D eigenvalue weighted by molar-refractivity contribution is 0.0395. The molecule has 4 rings (SSSR count). The topological polar surface area (TPSA) is 54.5 Å². The van der Waals surface area contributed by atoms with E-state index in [4.69, 9.17) is 4.74 Å². The molecule has 0 saturated carbocycles. The quantitative estimate of drug-likeness (QED) is 0.695. The van der Waals surface area contributed by atoms with E-state index in [0.29, 0.717) is 37.5 Å². The second kappa shape index (κ2) is 9.00. The Morgan fingerprint density at radius 2 is 1.93 bits per heavy atom. The third kappa shape index (κ3) is 4.63. The number of aromatic nitrogens is 1. The zero-order valence-corrected chi connectivity index (χ0v) is 16.2. The van der Waals surface area contributed by atoms with Crippen LogP contribution >= 0.6 is 0 Å². The van der Waals surface area contributed by atoms with Crippen LogP contribution in [-0.2, 0) is 11.3 Å². The first-order valence-electron chi connectivity index (χ1n) is 9.70. The molecule has 154 valence electrons. The van der Waals surface area contributed by atoms with Gasteiger partial charge >= 0.3 is 0 Å². The first-order chi connectivity index (χ1) is 14.6.